The number of methoxy groups -OCH3 is 1. The average molecular weight is 647 g/mol. The summed E-state index contributed by atoms with van der Waals surface area (Å²) >= 11 is 14.0. The summed E-state index contributed by atoms with van der Waals surface area (Å²) in [6.45, 7) is 1.25. The lowest BCUT2D eigenvalue weighted by molar-refractivity contribution is -0.108. The number of pyridine rings is 2. The number of carbonyl (C=O) groups is 1. The molecular formula is C33H33Cl2N7O3. The number of aryl methyl sites for hydroxylation is 1. The Balaban J connectivity index is 1.42. The molecule has 45 heavy (non-hydrogen) atoms. The van der Waals surface area contributed by atoms with Crippen LogP contribution >= 0.6 is 23.2 Å². The van der Waals surface area contributed by atoms with Crippen LogP contribution in [-0.4, -0.2) is 52.8 Å². The molecule has 0 spiro atoms. The highest BCUT2D eigenvalue weighted by atomic mass is 35.5. The number of aromatic nitrogens is 4. The Morgan fingerprint density at radius 2 is 1.78 bits per heavy atom. The number of likely N-dealkylation sites (N-methyl/N-ethyl adjacent to an activating group) is 1. The molecule has 3 heterocycles. The molecule has 1 unspecified atom stereocenters. The number of nitrogens with zero attached hydrogens (tertiary/aromatic N) is 4. The van der Waals surface area contributed by atoms with Crippen molar-refractivity contribution in [1.29, 1.82) is 0 Å². The van der Waals surface area contributed by atoms with Gasteiger partial charge in [-0.25, -0.2) is 14.6 Å². The molecule has 0 amide bonds. The van der Waals surface area contributed by atoms with Crippen LogP contribution in [-0.2, 0) is 18.4 Å². The summed E-state index contributed by atoms with van der Waals surface area (Å²) in [6.07, 6.45) is 5.44. The minimum absolute atomic E-state index is 0.184. The number of carbonyl (C=O) groups excluding carboxylic acids is 1. The third-order valence-electron chi connectivity index (χ3n) is 7.56. The SMILES string of the molecule is CNC(CCC=O)CNCc1ccc(-c2cccc(-c3cccc(Nc4nccc5cnn(C)c(=O)c45)c3Cl)c2Cl)nc1OC. The fourth-order valence-electron chi connectivity index (χ4n) is 5.10. The van der Waals surface area contributed by atoms with E-state index in [0.29, 0.717) is 74.5 Å². The summed E-state index contributed by atoms with van der Waals surface area (Å²) in [5.74, 6) is 0.867. The average Bonchev–Trinajstić information content (AvgIpc) is 3.06. The van der Waals surface area contributed by atoms with E-state index in [-0.39, 0.29) is 11.6 Å². The number of rotatable bonds is 13. The predicted molar refractivity (Wildman–Crippen MR) is 180 cm³/mol. The number of halogens is 2. The zero-order chi connectivity index (χ0) is 31.9. The molecule has 1 atom stereocenters. The molecule has 5 rings (SSSR count). The van der Waals surface area contributed by atoms with E-state index < -0.39 is 0 Å². The number of aldehydes is 1. The van der Waals surface area contributed by atoms with Gasteiger partial charge in [-0.3, -0.25) is 4.79 Å². The van der Waals surface area contributed by atoms with Gasteiger partial charge in [0.05, 0.1) is 40.1 Å². The maximum atomic E-state index is 12.9. The van der Waals surface area contributed by atoms with Crippen molar-refractivity contribution < 1.29 is 9.53 Å². The van der Waals surface area contributed by atoms with Crippen molar-refractivity contribution in [2.45, 2.75) is 25.4 Å². The number of anilines is 2. The summed E-state index contributed by atoms with van der Waals surface area (Å²) in [7, 11) is 5.06. The monoisotopic (exact) mass is 645 g/mol. The van der Waals surface area contributed by atoms with Crippen molar-refractivity contribution in [3.63, 3.8) is 0 Å². The van der Waals surface area contributed by atoms with Crippen LogP contribution in [0.3, 0.4) is 0 Å². The molecule has 0 saturated heterocycles. The number of fused-ring (bicyclic) bond motifs is 1. The Morgan fingerprint density at radius 3 is 2.53 bits per heavy atom. The molecule has 232 valence electrons. The molecule has 3 aromatic heterocycles. The van der Waals surface area contributed by atoms with Crippen LogP contribution in [0.2, 0.25) is 10.0 Å². The van der Waals surface area contributed by atoms with Crippen LogP contribution in [0.1, 0.15) is 18.4 Å². The van der Waals surface area contributed by atoms with Crippen LogP contribution in [0, 0.1) is 0 Å². The van der Waals surface area contributed by atoms with Gasteiger partial charge >= 0.3 is 0 Å². The van der Waals surface area contributed by atoms with E-state index in [1.807, 2.05) is 55.6 Å². The summed E-state index contributed by atoms with van der Waals surface area (Å²) in [6, 6.07) is 17.0. The quantitative estimate of drug-likeness (QED) is 0.137. The van der Waals surface area contributed by atoms with Gasteiger partial charge in [0.1, 0.15) is 12.1 Å². The van der Waals surface area contributed by atoms with E-state index in [4.69, 9.17) is 32.9 Å². The summed E-state index contributed by atoms with van der Waals surface area (Å²) < 4.78 is 6.90. The van der Waals surface area contributed by atoms with Gasteiger partial charge in [-0.2, -0.15) is 5.10 Å². The first-order chi connectivity index (χ1) is 21.9. The van der Waals surface area contributed by atoms with Gasteiger partial charge in [0.2, 0.25) is 5.88 Å². The normalized spacial score (nSPS) is 11.8. The molecule has 2 aromatic carbocycles. The second kappa shape index (κ2) is 14.6. The van der Waals surface area contributed by atoms with E-state index in [1.165, 1.54) is 4.68 Å². The minimum Gasteiger partial charge on any atom is -0.481 e. The molecule has 3 N–H and O–H groups in total. The van der Waals surface area contributed by atoms with Crippen LogP contribution in [0.4, 0.5) is 11.5 Å². The van der Waals surface area contributed by atoms with Gasteiger partial charge in [0.25, 0.3) is 5.56 Å². The van der Waals surface area contributed by atoms with Gasteiger partial charge in [0.15, 0.2) is 0 Å². The topological polar surface area (TPSA) is 123 Å². The van der Waals surface area contributed by atoms with Gasteiger partial charge in [-0.05, 0) is 31.7 Å². The van der Waals surface area contributed by atoms with E-state index in [1.54, 1.807) is 32.6 Å². The van der Waals surface area contributed by atoms with Crippen molar-refractivity contribution in [2.75, 3.05) is 26.0 Å². The number of benzene rings is 2. The maximum absolute atomic E-state index is 12.9. The maximum Gasteiger partial charge on any atom is 0.278 e. The van der Waals surface area contributed by atoms with Gasteiger partial charge in [-0.15, -0.1) is 0 Å². The van der Waals surface area contributed by atoms with Crippen molar-refractivity contribution in [3.05, 3.63) is 93.0 Å². The van der Waals surface area contributed by atoms with Crippen LogP contribution in [0.25, 0.3) is 33.2 Å². The zero-order valence-electron chi connectivity index (χ0n) is 25.1. The van der Waals surface area contributed by atoms with Crippen molar-refractivity contribution in [2.24, 2.45) is 7.05 Å². The van der Waals surface area contributed by atoms with E-state index in [9.17, 15) is 9.59 Å². The molecule has 0 radical (unpaired) electrons. The van der Waals surface area contributed by atoms with Gasteiger partial charge < -0.3 is 25.5 Å². The Bertz CT molecular complexity index is 1900. The van der Waals surface area contributed by atoms with Crippen molar-refractivity contribution in [3.8, 4) is 28.3 Å². The molecule has 0 bridgehead atoms. The number of ether oxygens (including phenoxy) is 1. The van der Waals surface area contributed by atoms with Crippen LogP contribution < -0.4 is 26.2 Å². The molecular weight excluding hydrogens is 613 g/mol. The minimum atomic E-state index is -0.271. The lowest BCUT2D eigenvalue weighted by Crippen LogP contribution is -2.36. The Morgan fingerprint density at radius 1 is 1.02 bits per heavy atom. The molecule has 12 heteroatoms. The lowest BCUT2D eigenvalue weighted by Gasteiger charge is -2.17. The highest BCUT2D eigenvalue weighted by molar-refractivity contribution is 6.39. The van der Waals surface area contributed by atoms with Crippen LogP contribution in [0.5, 0.6) is 5.88 Å². The molecule has 10 nitrogen and oxygen atoms in total. The number of hydrogen-bond acceptors (Lipinski definition) is 9. The first-order valence-corrected chi connectivity index (χ1v) is 15.1. The fraction of sp³-hybridized carbons (Fsp3) is 0.242. The summed E-state index contributed by atoms with van der Waals surface area (Å²) in [5, 5.41) is 15.9. The third kappa shape index (κ3) is 6.99. The molecule has 0 fully saturated rings. The summed E-state index contributed by atoms with van der Waals surface area (Å²) in [5.41, 5.74) is 3.98. The third-order valence-corrected chi connectivity index (χ3v) is 8.37. The Kier molecular flexibility index (Phi) is 10.4. The zero-order valence-corrected chi connectivity index (χ0v) is 26.6. The first kappa shape index (κ1) is 32.1. The van der Waals surface area contributed by atoms with Crippen LogP contribution in [0.15, 0.2) is 71.8 Å². The van der Waals surface area contributed by atoms with Crippen molar-refractivity contribution in [1.82, 2.24) is 30.4 Å². The molecule has 0 aliphatic rings. The smallest absolute Gasteiger partial charge is 0.278 e. The highest BCUT2D eigenvalue weighted by Crippen LogP contribution is 2.42. The van der Waals surface area contributed by atoms with Crippen molar-refractivity contribution >= 4 is 51.8 Å². The van der Waals surface area contributed by atoms with E-state index in [2.05, 4.69) is 26.0 Å². The van der Waals surface area contributed by atoms with Gasteiger partial charge in [-0.1, -0.05) is 59.6 Å². The molecule has 0 aliphatic heterocycles. The summed E-state index contributed by atoms with van der Waals surface area (Å²) in [4.78, 5) is 32.8. The van der Waals surface area contributed by atoms with E-state index in [0.717, 1.165) is 23.8 Å². The Labute approximate surface area is 270 Å². The Hall–Kier alpha value is -4.35. The van der Waals surface area contributed by atoms with E-state index >= 15 is 0 Å². The number of hydrogen-bond donors (Lipinski definition) is 3. The molecule has 0 saturated carbocycles. The first-order valence-electron chi connectivity index (χ1n) is 14.4. The lowest BCUT2D eigenvalue weighted by atomic mass is 10.00. The predicted octanol–water partition coefficient (Wildman–Crippen LogP) is 5.77. The highest BCUT2D eigenvalue weighted by Gasteiger charge is 2.18. The standard InChI is InChI=1S/C33H33Cl2N7O3/c1-36-22(7-6-16-43)19-37-17-21-12-13-26(41-32(21)45-3)25-10-4-8-23(29(25)34)24-9-5-11-27(30(24)35)40-31-28-20(14-15-38-31)18-39-42(2)33(28)44/h4-5,8-16,18,22,36-37H,6-7,17,19H2,1-3H3,(H,38,40). The molecule has 5 aromatic rings. The van der Waals surface area contributed by atoms with Gasteiger partial charge in [0, 0.05) is 66.4 Å². The second-order valence-corrected chi connectivity index (χ2v) is 11.1. The second-order valence-electron chi connectivity index (χ2n) is 10.4. The molecule has 0 aliphatic carbocycles. The largest absolute Gasteiger partial charge is 0.481 e. The fourth-order valence-corrected chi connectivity index (χ4v) is 5.70. The number of nitrogens with one attached hydrogen (secondary N) is 3.